The first-order chi connectivity index (χ1) is 19.0. The SMILES string of the molecule is CC(C)[C@@H]1NC(=O)[C@@H](N(C)S(=O)(=O)c2ccc(F)cc2)Cc2ccc(cc2)OCCCCSC[C@@H](C=O)NC1=O. The maximum absolute atomic E-state index is 13.7. The number of sulfonamides is 1. The van der Waals surface area contributed by atoms with Crippen molar-refractivity contribution in [2.45, 2.75) is 56.1 Å². The van der Waals surface area contributed by atoms with Gasteiger partial charge in [-0.25, -0.2) is 12.8 Å². The van der Waals surface area contributed by atoms with Crippen LogP contribution in [0.2, 0.25) is 0 Å². The average Bonchev–Trinajstić information content (AvgIpc) is 2.93. The zero-order valence-corrected chi connectivity index (χ0v) is 24.5. The number of thioether (sulfide) groups is 1. The number of amides is 2. The normalized spacial score (nSPS) is 22.0. The molecule has 0 unspecified atom stereocenters. The molecule has 0 saturated heterocycles. The fourth-order valence-electron chi connectivity index (χ4n) is 4.15. The maximum atomic E-state index is 13.7. The highest BCUT2D eigenvalue weighted by Gasteiger charge is 2.36. The largest absolute Gasteiger partial charge is 0.494 e. The number of rotatable bonds is 5. The zero-order valence-electron chi connectivity index (χ0n) is 22.8. The molecule has 2 N–H and O–H groups in total. The molecule has 2 aromatic carbocycles. The molecule has 0 fully saturated rings. The summed E-state index contributed by atoms with van der Waals surface area (Å²) in [6, 6.07) is 8.41. The summed E-state index contributed by atoms with van der Waals surface area (Å²) in [5.74, 6) is -0.323. The van der Waals surface area contributed by atoms with E-state index in [4.69, 9.17) is 4.74 Å². The van der Waals surface area contributed by atoms with Gasteiger partial charge in [0.15, 0.2) is 0 Å². The lowest BCUT2D eigenvalue weighted by atomic mass is 10.0. The number of hydrogen-bond donors (Lipinski definition) is 2. The van der Waals surface area contributed by atoms with Gasteiger partial charge in [0.1, 0.15) is 29.9 Å². The van der Waals surface area contributed by atoms with Crippen molar-refractivity contribution in [2.75, 3.05) is 25.2 Å². The third-order valence-electron chi connectivity index (χ3n) is 6.57. The molecule has 2 bridgehead atoms. The Balaban J connectivity index is 1.97. The van der Waals surface area contributed by atoms with Crippen LogP contribution in [0.4, 0.5) is 4.39 Å². The summed E-state index contributed by atoms with van der Waals surface area (Å²) < 4.78 is 47.1. The minimum absolute atomic E-state index is 0.00305. The molecular weight excluding hydrogens is 557 g/mol. The molecule has 0 saturated carbocycles. The molecule has 3 atom stereocenters. The monoisotopic (exact) mass is 593 g/mol. The lowest BCUT2D eigenvalue weighted by molar-refractivity contribution is -0.132. The standard InChI is InChI=1S/C28H36FN3O6S2/c1-19(2)26-28(35)30-22(17-33)18-39-15-5-4-14-38-23-10-6-20(7-11-23)16-25(27(34)31-26)32(3)40(36,37)24-12-8-21(29)9-13-24/h6-13,17,19,22,25-26H,4-5,14-16,18H2,1-3H3,(H,30,35)(H,31,34)/t22-,25+,26+/m1/s1. The van der Waals surface area contributed by atoms with Crippen molar-refractivity contribution in [1.29, 1.82) is 0 Å². The smallest absolute Gasteiger partial charge is 0.243 e. The van der Waals surface area contributed by atoms with Gasteiger partial charge in [0.2, 0.25) is 21.8 Å². The molecule has 2 aliphatic heterocycles. The van der Waals surface area contributed by atoms with Crippen LogP contribution < -0.4 is 15.4 Å². The maximum Gasteiger partial charge on any atom is 0.243 e. The van der Waals surface area contributed by atoms with Crippen LogP contribution in [0, 0.1) is 11.7 Å². The number of ether oxygens (including phenoxy) is 1. The van der Waals surface area contributed by atoms with Gasteiger partial charge in [-0.2, -0.15) is 16.1 Å². The van der Waals surface area contributed by atoms with Crippen LogP contribution in [0.15, 0.2) is 53.4 Å². The van der Waals surface area contributed by atoms with E-state index in [1.54, 1.807) is 49.9 Å². The molecule has 2 amide bonds. The molecule has 12 heteroatoms. The Kier molecular flexibility index (Phi) is 11.5. The van der Waals surface area contributed by atoms with Gasteiger partial charge in [-0.1, -0.05) is 26.0 Å². The summed E-state index contributed by atoms with van der Waals surface area (Å²) in [6.45, 7) is 4.00. The summed E-state index contributed by atoms with van der Waals surface area (Å²) in [5.41, 5.74) is 0.675. The van der Waals surface area contributed by atoms with E-state index in [0.717, 1.165) is 47.2 Å². The molecule has 0 radical (unpaired) electrons. The number of hydrogen-bond acceptors (Lipinski definition) is 7. The first kappa shape index (κ1) is 31.6. The summed E-state index contributed by atoms with van der Waals surface area (Å²) in [6.07, 6.45) is 2.37. The van der Waals surface area contributed by atoms with Crippen LogP contribution in [0.25, 0.3) is 0 Å². The zero-order chi connectivity index (χ0) is 29.3. The summed E-state index contributed by atoms with van der Waals surface area (Å²) >= 11 is 1.54. The van der Waals surface area contributed by atoms with Crippen LogP contribution in [0.3, 0.4) is 0 Å². The minimum atomic E-state index is -4.21. The lowest BCUT2D eigenvalue weighted by Crippen LogP contribution is -2.57. The minimum Gasteiger partial charge on any atom is -0.494 e. The van der Waals surface area contributed by atoms with E-state index in [1.165, 1.54) is 7.05 Å². The van der Waals surface area contributed by atoms with Crippen molar-refractivity contribution in [3.63, 3.8) is 0 Å². The molecule has 2 aromatic rings. The molecular formula is C28H36FN3O6S2. The van der Waals surface area contributed by atoms with Crippen LogP contribution in [-0.2, 0) is 30.8 Å². The van der Waals surface area contributed by atoms with Gasteiger partial charge in [0.05, 0.1) is 17.5 Å². The van der Waals surface area contributed by atoms with Crippen LogP contribution >= 0.6 is 11.8 Å². The number of halogens is 1. The summed E-state index contributed by atoms with van der Waals surface area (Å²) in [7, 11) is -2.93. The van der Waals surface area contributed by atoms with E-state index >= 15 is 0 Å². The van der Waals surface area contributed by atoms with Crippen molar-refractivity contribution in [2.24, 2.45) is 5.92 Å². The van der Waals surface area contributed by atoms with Gasteiger partial charge < -0.3 is 20.2 Å². The molecule has 0 aliphatic carbocycles. The molecule has 2 heterocycles. The number of fused-ring (bicyclic) bond motifs is 16. The van der Waals surface area contributed by atoms with E-state index in [-0.39, 0.29) is 17.2 Å². The van der Waals surface area contributed by atoms with E-state index in [9.17, 15) is 27.2 Å². The molecule has 2 aliphatic rings. The van der Waals surface area contributed by atoms with Crippen molar-refractivity contribution in [3.8, 4) is 5.75 Å². The van der Waals surface area contributed by atoms with Crippen LogP contribution in [-0.4, -0.2) is 74.1 Å². The van der Waals surface area contributed by atoms with Gasteiger partial charge >= 0.3 is 0 Å². The second-order valence-corrected chi connectivity index (χ2v) is 13.1. The van der Waals surface area contributed by atoms with E-state index in [0.29, 0.717) is 30.0 Å². The number of benzene rings is 2. The predicted octanol–water partition coefficient (Wildman–Crippen LogP) is 2.79. The molecule has 9 nitrogen and oxygen atoms in total. The van der Waals surface area contributed by atoms with Crippen molar-refractivity contribution < 1.29 is 31.9 Å². The Morgan fingerprint density at radius 2 is 1.70 bits per heavy atom. The first-order valence-corrected chi connectivity index (χ1v) is 15.7. The highest BCUT2D eigenvalue weighted by molar-refractivity contribution is 7.99. The Morgan fingerprint density at radius 3 is 2.33 bits per heavy atom. The number of aldehydes is 1. The van der Waals surface area contributed by atoms with E-state index in [1.807, 2.05) is 0 Å². The fourth-order valence-corrected chi connectivity index (χ4v) is 6.46. The van der Waals surface area contributed by atoms with Crippen molar-refractivity contribution in [1.82, 2.24) is 14.9 Å². The number of likely N-dealkylation sites (N-methyl/N-ethyl adjacent to an activating group) is 1. The van der Waals surface area contributed by atoms with Gasteiger partial charge in [-0.15, -0.1) is 0 Å². The first-order valence-electron chi connectivity index (χ1n) is 13.1. The third kappa shape index (κ3) is 8.52. The second-order valence-electron chi connectivity index (χ2n) is 9.95. The number of carbonyl (C=O) groups excluding carboxylic acids is 3. The predicted molar refractivity (Wildman–Crippen MR) is 152 cm³/mol. The quantitative estimate of drug-likeness (QED) is 0.512. The summed E-state index contributed by atoms with van der Waals surface area (Å²) in [4.78, 5) is 38.3. The lowest BCUT2D eigenvalue weighted by Gasteiger charge is -2.30. The van der Waals surface area contributed by atoms with Crippen LogP contribution in [0.1, 0.15) is 32.3 Å². The average molecular weight is 594 g/mol. The Hall–Kier alpha value is -2.96. The highest BCUT2D eigenvalue weighted by Crippen LogP contribution is 2.22. The van der Waals surface area contributed by atoms with Crippen molar-refractivity contribution >= 4 is 39.9 Å². The van der Waals surface area contributed by atoms with Crippen LogP contribution in [0.5, 0.6) is 5.75 Å². The molecule has 0 spiro atoms. The second kappa shape index (κ2) is 14.6. The number of carbonyl (C=O) groups is 3. The van der Waals surface area contributed by atoms with Crippen molar-refractivity contribution in [3.05, 3.63) is 59.9 Å². The summed E-state index contributed by atoms with van der Waals surface area (Å²) in [5, 5.41) is 5.41. The Bertz CT molecular complexity index is 1260. The highest BCUT2D eigenvalue weighted by atomic mass is 32.2. The van der Waals surface area contributed by atoms with Gasteiger partial charge in [0.25, 0.3) is 0 Å². The van der Waals surface area contributed by atoms with Gasteiger partial charge in [-0.05, 0) is 72.9 Å². The van der Waals surface area contributed by atoms with Gasteiger partial charge in [0, 0.05) is 12.8 Å². The molecule has 218 valence electrons. The molecule has 4 rings (SSSR count). The van der Waals surface area contributed by atoms with E-state index in [2.05, 4.69) is 10.6 Å². The molecule has 40 heavy (non-hydrogen) atoms. The Morgan fingerprint density at radius 1 is 1.02 bits per heavy atom. The third-order valence-corrected chi connectivity index (χ3v) is 9.63. The van der Waals surface area contributed by atoms with E-state index < -0.39 is 45.8 Å². The number of nitrogens with one attached hydrogen (secondary N) is 2. The fraction of sp³-hybridized carbons (Fsp3) is 0.464. The Labute approximate surface area is 239 Å². The van der Waals surface area contributed by atoms with Gasteiger partial charge in [-0.3, -0.25) is 9.59 Å². The number of nitrogens with zero attached hydrogens (tertiary/aromatic N) is 1. The molecule has 0 aromatic heterocycles. The topological polar surface area (TPSA) is 122 Å².